The maximum Gasteiger partial charge on any atom is 0.254 e. The number of halogens is 1. The zero-order valence-corrected chi connectivity index (χ0v) is 13.3. The first-order chi connectivity index (χ1) is 9.65. The summed E-state index contributed by atoms with van der Waals surface area (Å²) in [6.45, 7) is 5.80. The fraction of sp³-hybridized carbons (Fsp3) is 0.500. The zero-order chi connectivity index (χ0) is 14.1. The van der Waals surface area contributed by atoms with Crippen molar-refractivity contribution in [3.8, 4) is 5.75 Å². The lowest BCUT2D eigenvalue weighted by molar-refractivity contribution is 0.0227. The molecule has 0 aromatic heterocycles. The Morgan fingerprint density at radius 1 is 1.30 bits per heavy atom. The lowest BCUT2D eigenvalue weighted by atomic mass is 10.0. The Labute approximate surface area is 132 Å². The van der Waals surface area contributed by atoms with E-state index in [1.165, 1.54) is 0 Å². The van der Waals surface area contributed by atoms with E-state index in [9.17, 15) is 9.90 Å². The minimum atomic E-state index is 0.0167. The summed E-state index contributed by atoms with van der Waals surface area (Å²) in [5, 5.41) is 13.0. The van der Waals surface area contributed by atoms with Crippen LogP contribution >= 0.6 is 22.6 Å². The number of hydrogen-bond acceptors (Lipinski definition) is 4. The Morgan fingerprint density at radius 3 is 2.65 bits per heavy atom. The molecule has 2 N–H and O–H groups in total. The highest BCUT2D eigenvalue weighted by atomic mass is 127. The number of piperazine rings is 1. The Bertz CT molecular complexity index is 511. The third-order valence-electron chi connectivity index (χ3n) is 4.01. The van der Waals surface area contributed by atoms with Gasteiger partial charge in [-0.25, -0.2) is 0 Å². The van der Waals surface area contributed by atoms with Gasteiger partial charge in [0.2, 0.25) is 0 Å². The van der Waals surface area contributed by atoms with Gasteiger partial charge in [-0.2, -0.15) is 0 Å². The molecule has 2 aliphatic heterocycles. The molecule has 6 heteroatoms. The Hall–Kier alpha value is -0.860. The van der Waals surface area contributed by atoms with E-state index >= 15 is 0 Å². The second-order valence-corrected chi connectivity index (χ2v) is 6.48. The Kier molecular flexibility index (Phi) is 4.13. The first-order valence-electron chi connectivity index (χ1n) is 6.88. The molecule has 20 heavy (non-hydrogen) atoms. The number of hydrogen-bond donors (Lipinski definition) is 2. The van der Waals surface area contributed by atoms with Crippen LogP contribution in [0.25, 0.3) is 0 Å². The van der Waals surface area contributed by atoms with Gasteiger partial charge in [-0.3, -0.25) is 9.69 Å². The monoisotopic (exact) mass is 387 g/mol. The van der Waals surface area contributed by atoms with Crippen molar-refractivity contribution in [3.63, 3.8) is 0 Å². The normalized spacial score (nSPS) is 20.8. The highest BCUT2D eigenvalue weighted by molar-refractivity contribution is 14.1. The average molecular weight is 387 g/mol. The highest BCUT2D eigenvalue weighted by Gasteiger charge is 2.35. The van der Waals surface area contributed by atoms with Gasteiger partial charge < -0.3 is 15.3 Å². The summed E-state index contributed by atoms with van der Waals surface area (Å²) in [6, 6.07) is 5.61. The van der Waals surface area contributed by atoms with E-state index in [0.29, 0.717) is 11.6 Å². The van der Waals surface area contributed by atoms with Crippen LogP contribution in [-0.4, -0.2) is 66.1 Å². The smallest absolute Gasteiger partial charge is 0.254 e. The van der Waals surface area contributed by atoms with E-state index in [1.54, 1.807) is 18.2 Å². The van der Waals surface area contributed by atoms with Crippen LogP contribution in [0.5, 0.6) is 5.75 Å². The summed E-state index contributed by atoms with van der Waals surface area (Å²) in [5.74, 6) is 0.193. The Morgan fingerprint density at radius 2 is 2.00 bits per heavy atom. The van der Waals surface area contributed by atoms with Gasteiger partial charge in [0.05, 0.1) is 3.57 Å². The molecule has 1 aromatic rings. The molecule has 3 rings (SSSR count). The van der Waals surface area contributed by atoms with E-state index < -0.39 is 0 Å². The molecule has 0 spiro atoms. The van der Waals surface area contributed by atoms with E-state index in [0.717, 1.165) is 42.8 Å². The van der Waals surface area contributed by atoms with Crippen molar-refractivity contribution in [2.75, 3.05) is 39.3 Å². The summed E-state index contributed by atoms with van der Waals surface area (Å²) in [7, 11) is 0. The summed E-state index contributed by atoms with van der Waals surface area (Å²) >= 11 is 2.05. The third kappa shape index (κ3) is 2.77. The molecule has 2 aliphatic rings. The summed E-state index contributed by atoms with van der Waals surface area (Å²) in [4.78, 5) is 16.6. The molecular formula is C14H18IN3O2. The van der Waals surface area contributed by atoms with E-state index in [1.807, 2.05) is 4.90 Å². The van der Waals surface area contributed by atoms with Crippen molar-refractivity contribution >= 4 is 28.5 Å². The summed E-state index contributed by atoms with van der Waals surface area (Å²) in [6.07, 6.45) is 0. The molecule has 5 nitrogen and oxygen atoms in total. The van der Waals surface area contributed by atoms with Gasteiger partial charge in [-0.05, 0) is 40.8 Å². The second kappa shape index (κ2) is 5.87. The molecule has 2 fully saturated rings. The molecule has 2 heterocycles. The number of rotatable bonds is 2. The quantitative estimate of drug-likeness (QED) is 0.735. The predicted molar refractivity (Wildman–Crippen MR) is 85.0 cm³/mol. The van der Waals surface area contributed by atoms with E-state index in [2.05, 4.69) is 32.8 Å². The molecule has 0 aliphatic carbocycles. The third-order valence-corrected chi connectivity index (χ3v) is 4.92. The molecule has 108 valence electrons. The van der Waals surface area contributed by atoms with Gasteiger partial charge in [-0.1, -0.05) is 0 Å². The van der Waals surface area contributed by atoms with Gasteiger partial charge in [0.25, 0.3) is 5.91 Å². The Balaban J connectivity index is 1.58. The van der Waals surface area contributed by atoms with Crippen molar-refractivity contribution in [1.29, 1.82) is 0 Å². The first-order valence-corrected chi connectivity index (χ1v) is 7.95. The maximum absolute atomic E-state index is 12.3. The topological polar surface area (TPSA) is 55.8 Å². The minimum absolute atomic E-state index is 0.0167. The molecule has 0 bridgehead atoms. The van der Waals surface area contributed by atoms with Crippen LogP contribution < -0.4 is 5.32 Å². The number of carbonyl (C=O) groups excluding carboxylic acids is 1. The van der Waals surface area contributed by atoms with Crippen molar-refractivity contribution in [3.05, 3.63) is 27.3 Å². The molecule has 0 atom stereocenters. The molecule has 0 unspecified atom stereocenters. The number of benzene rings is 1. The van der Waals surface area contributed by atoms with Crippen LogP contribution in [0.4, 0.5) is 0 Å². The molecule has 1 amide bonds. The number of carbonyl (C=O) groups is 1. The lowest BCUT2D eigenvalue weighted by Crippen LogP contribution is -2.63. The SMILES string of the molecule is O=C(c1ccc(I)c(O)c1)N1CC(N2CCNCC2)C1. The number of phenolic OH excluding ortho intramolecular Hbond substituents is 1. The van der Waals surface area contributed by atoms with Crippen LogP contribution in [0.3, 0.4) is 0 Å². The number of nitrogens with one attached hydrogen (secondary N) is 1. The van der Waals surface area contributed by atoms with Crippen LogP contribution in [0.1, 0.15) is 10.4 Å². The summed E-state index contributed by atoms with van der Waals surface area (Å²) < 4.78 is 0.765. The fourth-order valence-corrected chi connectivity index (χ4v) is 3.06. The van der Waals surface area contributed by atoms with Crippen LogP contribution in [0.15, 0.2) is 18.2 Å². The molecular weight excluding hydrogens is 369 g/mol. The molecule has 2 saturated heterocycles. The van der Waals surface area contributed by atoms with Crippen molar-refractivity contribution in [1.82, 2.24) is 15.1 Å². The lowest BCUT2D eigenvalue weighted by Gasteiger charge is -2.46. The van der Waals surface area contributed by atoms with Crippen LogP contribution in [-0.2, 0) is 0 Å². The van der Waals surface area contributed by atoms with Gasteiger partial charge in [0.1, 0.15) is 5.75 Å². The molecule has 0 saturated carbocycles. The number of likely N-dealkylation sites (tertiary alicyclic amines) is 1. The number of nitrogens with zero attached hydrogens (tertiary/aromatic N) is 2. The number of aromatic hydroxyl groups is 1. The molecule has 1 aromatic carbocycles. The predicted octanol–water partition coefficient (Wildman–Crippen LogP) is 0.726. The molecule has 0 radical (unpaired) electrons. The second-order valence-electron chi connectivity index (χ2n) is 5.32. The van der Waals surface area contributed by atoms with Gasteiger partial charge in [-0.15, -0.1) is 0 Å². The van der Waals surface area contributed by atoms with Gasteiger partial charge in [0.15, 0.2) is 0 Å². The zero-order valence-electron chi connectivity index (χ0n) is 11.2. The van der Waals surface area contributed by atoms with Crippen molar-refractivity contribution in [2.45, 2.75) is 6.04 Å². The van der Waals surface area contributed by atoms with Crippen molar-refractivity contribution in [2.24, 2.45) is 0 Å². The van der Waals surface area contributed by atoms with E-state index in [4.69, 9.17) is 0 Å². The van der Waals surface area contributed by atoms with Crippen molar-refractivity contribution < 1.29 is 9.90 Å². The van der Waals surface area contributed by atoms with Gasteiger partial charge in [0, 0.05) is 50.9 Å². The van der Waals surface area contributed by atoms with Crippen LogP contribution in [0, 0.1) is 3.57 Å². The van der Waals surface area contributed by atoms with Crippen LogP contribution in [0.2, 0.25) is 0 Å². The number of phenols is 1. The largest absolute Gasteiger partial charge is 0.507 e. The fourth-order valence-electron chi connectivity index (χ4n) is 2.73. The minimum Gasteiger partial charge on any atom is -0.507 e. The highest BCUT2D eigenvalue weighted by Crippen LogP contribution is 2.23. The average Bonchev–Trinajstić information content (AvgIpc) is 2.41. The first kappa shape index (κ1) is 14.1. The standard InChI is InChI=1S/C14H18IN3O2/c15-12-2-1-10(7-13(12)19)14(20)18-8-11(9-18)17-5-3-16-4-6-17/h1-2,7,11,16,19H,3-6,8-9H2. The van der Waals surface area contributed by atoms with E-state index in [-0.39, 0.29) is 11.7 Å². The summed E-state index contributed by atoms with van der Waals surface area (Å²) in [5.41, 5.74) is 0.571. The maximum atomic E-state index is 12.3. The van der Waals surface area contributed by atoms with Gasteiger partial charge >= 0.3 is 0 Å². The number of amides is 1.